The van der Waals surface area contributed by atoms with Gasteiger partial charge < -0.3 is 4.90 Å². The minimum absolute atomic E-state index is 0.102. The zero-order chi connectivity index (χ0) is 38.1. The third-order valence-electron chi connectivity index (χ3n) is 12.1. The molecule has 10 aromatic rings. The van der Waals surface area contributed by atoms with Gasteiger partial charge in [-0.15, -0.1) is 11.3 Å². The van der Waals surface area contributed by atoms with E-state index in [1.807, 2.05) is 11.3 Å². The van der Waals surface area contributed by atoms with Gasteiger partial charge in [0.15, 0.2) is 0 Å². The Morgan fingerprint density at radius 2 is 0.947 bits per heavy atom. The number of hydrogen-bond donors (Lipinski definition) is 0. The van der Waals surface area contributed by atoms with Crippen molar-refractivity contribution in [2.24, 2.45) is 0 Å². The van der Waals surface area contributed by atoms with Gasteiger partial charge in [-0.2, -0.15) is 0 Å². The first-order valence-electron chi connectivity index (χ1n) is 19.8. The molecule has 2 heteroatoms. The second kappa shape index (κ2) is 13.2. The number of rotatable bonds is 6. The molecule has 0 bridgehead atoms. The molecule has 0 unspecified atom stereocenters. The van der Waals surface area contributed by atoms with Crippen LogP contribution in [-0.2, 0) is 5.41 Å². The van der Waals surface area contributed by atoms with Crippen LogP contribution in [0.1, 0.15) is 25.0 Å². The highest BCUT2D eigenvalue weighted by molar-refractivity contribution is 7.26. The van der Waals surface area contributed by atoms with E-state index in [9.17, 15) is 0 Å². The highest BCUT2D eigenvalue weighted by Crippen LogP contribution is 2.53. The fraction of sp³-hybridized carbons (Fsp3) is 0.0545. The summed E-state index contributed by atoms with van der Waals surface area (Å²) < 4.78 is 2.57. The fourth-order valence-corrected chi connectivity index (χ4v) is 10.6. The van der Waals surface area contributed by atoms with Crippen LogP contribution in [0.3, 0.4) is 0 Å². The first-order chi connectivity index (χ1) is 28.1. The van der Waals surface area contributed by atoms with Gasteiger partial charge >= 0.3 is 0 Å². The van der Waals surface area contributed by atoms with Crippen molar-refractivity contribution in [1.29, 1.82) is 0 Å². The summed E-state index contributed by atoms with van der Waals surface area (Å²) in [5, 5.41) is 5.03. The molecule has 270 valence electrons. The van der Waals surface area contributed by atoms with E-state index in [0.717, 1.165) is 11.4 Å². The Kier molecular flexibility index (Phi) is 7.77. The van der Waals surface area contributed by atoms with Gasteiger partial charge in [-0.05, 0) is 91.7 Å². The lowest BCUT2D eigenvalue weighted by atomic mass is 9.81. The Balaban J connectivity index is 1.20. The maximum absolute atomic E-state index is 2.54. The van der Waals surface area contributed by atoms with Gasteiger partial charge in [0.05, 0.1) is 17.1 Å². The smallest absolute Gasteiger partial charge is 0.0555 e. The van der Waals surface area contributed by atoms with Crippen molar-refractivity contribution in [2.75, 3.05) is 4.90 Å². The molecule has 0 N–H and O–H groups in total. The van der Waals surface area contributed by atoms with Crippen LogP contribution in [0.25, 0.3) is 75.5 Å². The number of para-hydroxylation sites is 2. The van der Waals surface area contributed by atoms with Crippen LogP contribution in [0.2, 0.25) is 0 Å². The Morgan fingerprint density at radius 3 is 1.77 bits per heavy atom. The zero-order valence-corrected chi connectivity index (χ0v) is 32.7. The van der Waals surface area contributed by atoms with E-state index >= 15 is 0 Å². The lowest BCUT2D eigenvalue weighted by molar-refractivity contribution is 0.660. The molecular formula is C55H39NS. The van der Waals surface area contributed by atoms with Crippen LogP contribution in [0.4, 0.5) is 17.1 Å². The van der Waals surface area contributed by atoms with Gasteiger partial charge in [-0.3, -0.25) is 0 Å². The lowest BCUT2D eigenvalue weighted by Crippen LogP contribution is -2.15. The van der Waals surface area contributed by atoms with Crippen molar-refractivity contribution in [3.63, 3.8) is 0 Å². The molecule has 0 saturated carbocycles. The summed E-state index contributed by atoms with van der Waals surface area (Å²) in [4.78, 5) is 2.54. The van der Waals surface area contributed by atoms with Crippen LogP contribution in [0.15, 0.2) is 200 Å². The summed E-state index contributed by atoms with van der Waals surface area (Å²) in [6.07, 6.45) is 0. The number of hydrogen-bond acceptors (Lipinski definition) is 2. The van der Waals surface area contributed by atoms with Gasteiger partial charge in [0.1, 0.15) is 0 Å². The number of thiophene rings is 1. The summed E-state index contributed by atoms with van der Waals surface area (Å²) in [5.41, 5.74) is 16.0. The highest BCUT2D eigenvalue weighted by Gasteiger charge is 2.35. The Hall–Kier alpha value is -6.74. The molecule has 0 radical (unpaired) electrons. The van der Waals surface area contributed by atoms with Crippen LogP contribution in [-0.4, -0.2) is 0 Å². The van der Waals surface area contributed by atoms with Crippen molar-refractivity contribution in [1.82, 2.24) is 0 Å². The highest BCUT2D eigenvalue weighted by atomic mass is 32.1. The molecule has 0 amide bonds. The molecule has 1 aliphatic carbocycles. The van der Waals surface area contributed by atoms with Crippen LogP contribution in [0, 0.1) is 0 Å². The van der Waals surface area contributed by atoms with Crippen LogP contribution in [0.5, 0.6) is 0 Å². The second-order valence-corrected chi connectivity index (χ2v) is 16.7. The molecule has 57 heavy (non-hydrogen) atoms. The van der Waals surface area contributed by atoms with Crippen molar-refractivity contribution in [3.05, 3.63) is 211 Å². The van der Waals surface area contributed by atoms with Crippen molar-refractivity contribution in [2.45, 2.75) is 19.3 Å². The van der Waals surface area contributed by atoms with E-state index in [0.29, 0.717) is 0 Å². The van der Waals surface area contributed by atoms with Crippen molar-refractivity contribution < 1.29 is 0 Å². The Bertz CT molecular complexity index is 3160. The largest absolute Gasteiger partial charge is 0.309 e. The normalized spacial score (nSPS) is 12.9. The molecule has 0 fully saturated rings. The quantitative estimate of drug-likeness (QED) is 0.164. The molecule has 1 nitrogen and oxygen atoms in total. The molecule has 11 rings (SSSR count). The first kappa shape index (κ1) is 33.6. The zero-order valence-electron chi connectivity index (χ0n) is 31.9. The van der Waals surface area contributed by atoms with Crippen molar-refractivity contribution in [3.8, 4) is 44.5 Å². The molecule has 1 aliphatic rings. The minimum atomic E-state index is -0.102. The number of fused-ring (bicyclic) bond motifs is 7. The first-order valence-corrected chi connectivity index (χ1v) is 20.6. The van der Waals surface area contributed by atoms with Gasteiger partial charge in [0.25, 0.3) is 0 Å². The van der Waals surface area contributed by atoms with Crippen LogP contribution >= 0.6 is 11.3 Å². The lowest BCUT2D eigenvalue weighted by Gasteiger charge is -2.31. The molecule has 9 aromatic carbocycles. The molecule has 1 aromatic heterocycles. The maximum atomic E-state index is 2.54. The average molecular weight is 746 g/mol. The summed E-state index contributed by atoms with van der Waals surface area (Å²) in [6, 6.07) is 74.0. The summed E-state index contributed by atoms with van der Waals surface area (Å²) in [5.74, 6) is 0. The van der Waals surface area contributed by atoms with E-state index in [2.05, 4.69) is 219 Å². The third-order valence-corrected chi connectivity index (χ3v) is 13.2. The second-order valence-electron chi connectivity index (χ2n) is 15.6. The molecule has 0 atom stereocenters. The van der Waals surface area contributed by atoms with E-state index < -0.39 is 0 Å². The monoisotopic (exact) mass is 745 g/mol. The van der Waals surface area contributed by atoms with E-state index in [1.165, 1.54) is 92.3 Å². The van der Waals surface area contributed by atoms with Gasteiger partial charge in [0.2, 0.25) is 0 Å². The molecule has 0 saturated heterocycles. The Morgan fingerprint density at radius 1 is 0.368 bits per heavy atom. The van der Waals surface area contributed by atoms with Crippen LogP contribution < -0.4 is 4.90 Å². The number of benzene rings is 9. The van der Waals surface area contributed by atoms with E-state index in [-0.39, 0.29) is 5.41 Å². The van der Waals surface area contributed by atoms with Gasteiger partial charge in [-0.1, -0.05) is 178 Å². The minimum Gasteiger partial charge on any atom is -0.309 e. The number of nitrogens with zero attached hydrogens (tertiary/aromatic N) is 1. The summed E-state index contributed by atoms with van der Waals surface area (Å²) in [6.45, 7) is 4.73. The maximum Gasteiger partial charge on any atom is 0.0555 e. The van der Waals surface area contributed by atoms with Crippen molar-refractivity contribution >= 4 is 59.3 Å². The van der Waals surface area contributed by atoms with Gasteiger partial charge in [-0.25, -0.2) is 0 Å². The summed E-state index contributed by atoms with van der Waals surface area (Å²) >= 11 is 1.87. The predicted molar refractivity (Wildman–Crippen MR) is 245 cm³/mol. The van der Waals surface area contributed by atoms with E-state index in [4.69, 9.17) is 0 Å². The average Bonchev–Trinajstić information content (AvgIpc) is 3.76. The fourth-order valence-electron chi connectivity index (χ4n) is 9.44. The van der Waals surface area contributed by atoms with E-state index in [1.54, 1.807) is 0 Å². The van der Waals surface area contributed by atoms with Gasteiger partial charge in [0, 0.05) is 36.7 Å². The topological polar surface area (TPSA) is 3.24 Å². The molecule has 0 aliphatic heterocycles. The summed E-state index contributed by atoms with van der Waals surface area (Å²) in [7, 11) is 0. The Labute approximate surface area is 337 Å². The molecule has 0 spiro atoms. The predicted octanol–water partition coefficient (Wildman–Crippen LogP) is 16.0. The number of anilines is 3. The SMILES string of the molecule is CC1(C)c2ccccc2-c2ccc(-c3ccccc3N(c3ccccc3-c3cccc4cccc(-c5ccccc5)c34)c3cccc4sc5ccccc5c34)cc21. The molecule has 1 heterocycles. The third kappa shape index (κ3) is 5.29. The molecular weight excluding hydrogens is 707 g/mol. The standard InChI is InChI=1S/C55H39NS/c1-55(2)46-27-10-6-22-41(46)42-34-33-38(35-47(42)55)39-21-7-11-28-48(39)56(50-30-16-32-52-54(50)45-24-9-13-31-51(45)57-52)49-29-12-8-23-43(49)44-26-15-20-37-19-14-25-40(53(37)44)36-17-4-3-5-18-36/h3-35H,1-2H3.